The molecule has 0 amide bonds. The van der Waals surface area contributed by atoms with Crippen LogP contribution in [0.3, 0.4) is 0 Å². The summed E-state index contributed by atoms with van der Waals surface area (Å²) in [6.45, 7) is 10.3. The molecule has 5 rings (SSSR count). The quantitative estimate of drug-likeness (QED) is 0.360. The summed E-state index contributed by atoms with van der Waals surface area (Å²) in [5.74, 6) is 0.965. The Balaban J connectivity index is 1.35. The standard InChI is InChI=1S/C31H38N6O4/c1-6-22-18-37(29-28-26(35(5)31(39)34-29)14-11-21(16-32)33-28)23(7-2)17-36(22)19(4)20-9-12-24(13-10-20)41-27-15-25(27)30(38)40-8-3/h9-14,19,22-23,25,27H,6-8,15,17-18H2,1-5H3/t19?,22-,23+,25?,27?/m1/s1. The molecule has 10 nitrogen and oxygen atoms in total. The van der Waals surface area contributed by atoms with Crippen molar-refractivity contribution in [1.29, 1.82) is 5.26 Å². The average molecular weight is 559 g/mol. The summed E-state index contributed by atoms with van der Waals surface area (Å²) in [7, 11) is 1.68. The molecule has 1 aliphatic carbocycles. The van der Waals surface area contributed by atoms with Gasteiger partial charge in [0.05, 0.1) is 18.0 Å². The van der Waals surface area contributed by atoms with Gasteiger partial charge in [0, 0.05) is 44.7 Å². The molecule has 0 bridgehead atoms. The number of nitriles is 1. The minimum atomic E-state index is -0.334. The summed E-state index contributed by atoms with van der Waals surface area (Å²) < 4.78 is 12.6. The van der Waals surface area contributed by atoms with Crippen molar-refractivity contribution in [3.05, 3.63) is 58.1 Å². The average Bonchev–Trinajstić information content (AvgIpc) is 3.77. The Morgan fingerprint density at radius 1 is 1.07 bits per heavy atom. The molecule has 3 heterocycles. The number of hydrogen-bond donors (Lipinski definition) is 0. The highest BCUT2D eigenvalue weighted by molar-refractivity contribution is 5.86. The lowest BCUT2D eigenvalue weighted by molar-refractivity contribution is -0.145. The number of fused-ring (bicyclic) bond motifs is 1. The molecule has 216 valence electrons. The normalized spacial score (nSPS) is 23.2. The van der Waals surface area contributed by atoms with Crippen LogP contribution in [0.15, 0.2) is 41.2 Å². The van der Waals surface area contributed by atoms with E-state index in [1.54, 1.807) is 19.2 Å². The van der Waals surface area contributed by atoms with E-state index in [0.717, 1.165) is 25.1 Å². The summed E-state index contributed by atoms with van der Waals surface area (Å²) >= 11 is 0. The maximum Gasteiger partial charge on any atom is 0.349 e. The van der Waals surface area contributed by atoms with Crippen molar-refractivity contribution in [2.24, 2.45) is 13.0 Å². The van der Waals surface area contributed by atoms with Crippen LogP contribution in [0.5, 0.6) is 5.75 Å². The minimum Gasteiger partial charge on any atom is -0.490 e. The van der Waals surface area contributed by atoms with Gasteiger partial charge in [-0.05, 0) is 56.5 Å². The van der Waals surface area contributed by atoms with Gasteiger partial charge < -0.3 is 14.4 Å². The molecule has 1 aliphatic heterocycles. The van der Waals surface area contributed by atoms with Crippen LogP contribution in [0.2, 0.25) is 0 Å². The van der Waals surface area contributed by atoms with E-state index in [0.29, 0.717) is 42.1 Å². The number of pyridine rings is 1. The molecule has 2 fully saturated rings. The SMILES string of the molecule is CCOC(=O)C1CC1Oc1ccc(C(C)N2C[C@H](CC)N(c3nc(=O)n(C)c4ccc(C#N)nc34)C[C@H]2CC)cc1. The largest absolute Gasteiger partial charge is 0.490 e. The van der Waals surface area contributed by atoms with Crippen LogP contribution >= 0.6 is 0 Å². The van der Waals surface area contributed by atoms with Crippen LogP contribution in [0.4, 0.5) is 5.82 Å². The van der Waals surface area contributed by atoms with Gasteiger partial charge in [0.25, 0.3) is 0 Å². The van der Waals surface area contributed by atoms with Crippen LogP contribution < -0.4 is 15.3 Å². The Morgan fingerprint density at radius 2 is 1.80 bits per heavy atom. The molecule has 3 aromatic rings. The van der Waals surface area contributed by atoms with Crippen LogP contribution in [0.1, 0.15) is 64.3 Å². The van der Waals surface area contributed by atoms with Gasteiger partial charge in [-0.2, -0.15) is 10.2 Å². The Morgan fingerprint density at radius 3 is 2.46 bits per heavy atom. The smallest absolute Gasteiger partial charge is 0.349 e. The van der Waals surface area contributed by atoms with Gasteiger partial charge in [0.15, 0.2) is 5.82 Å². The van der Waals surface area contributed by atoms with Gasteiger partial charge in [-0.1, -0.05) is 26.0 Å². The number of carbonyl (C=O) groups is 1. The molecular weight excluding hydrogens is 520 g/mol. The van der Waals surface area contributed by atoms with E-state index in [9.17, 15) is 14.9 Å². The molecule has 5 atom stereocenters. The predicted octanol–water partition coefficient (Wildman–Crippen LogP) is 3.97. The highest BCUT2D eigenvalue weighted by Gasteiger charge is 2.46. The third-order valence-electron chi connectivity index (χ3n) is 8.47. The lowest BCUT2D eigenvalue weighted by Crippen LogP contribution is -2.59. The van der Waals surface area contributed by atoms with Crippen molar-refractivity contribution >= 4 is 22.8 Å². The highest BCUT2D eigenvalue weighted by atomic mass is 16.5. The molecule has 3 unspecified atom stereocenters. The zero-order valence-corrected chi connectivity index (χ0v) is 24.4. The summed E-state index contributed by atoms with van der Waals surface area (Å²) in [4.78, 5) is 38.5. The number of aryl methyl sites for hydroxylation is 1. The van der Waals surface area contributed by atoms with Gasteiger partial charge in [0.2, 0.25) is 0 Å². The molecule has 1 saturated carbocycles. The first kappa shape index (κ1) is 28.6. The molecule has 10 heteroatoms. The third kappa shape index (κ3) is 5.64. The van der Waals surface area contributed by atoms with Gasteiger partial charge in [-0.3, -0.25) is 14.3 Å². The lowest BCUT2D eigenvalue weighted by Gasteiger charge is -2.49. The molecule has 1 saturated heterocycles. The second-order valence-electron chi connectivity index (χ2n) is 10.9. The Hall–Kier alpha value is -3.97. The summed E-state index contributed by atoms with van der Waals surface area (Å²) in [5, 5.41) is 9.47. The van der Waals surface area contributed by atoms with Crippen LogP contribution in [0.25, 0.3) is 11.0 Å². The molecule has 2 aliphatic rings. The zero-order chi connectivity index (χ0) is 29.3. The van der Waals surface area contributed by atoms with E-state index in [2.05, 4.69) is 58.7 Å². The van der Waals surface area contributed by atoms with Gasteiger partial charge in [0.1, 0.15) is 29.1 Å². The summed E-state index contributed by atoms with van der Waals surface area (Å²) in [6, 6.07) is 14.2. The van der Waals surface area contributed by atoms with Gasteiger partial charge in [-0.15, -0.1) is 0 Å². The lowest BCUT2D eigenvalue weighted by atomic mass is 9.97. The van der Waals surface area contributed by atoms with E-state index < -0.39 is 0 Å². The van der Waals surface area contributed by atoms with Crippen LogP contribution in [-0.2, 0) is 16.6 Å². The summed E-state index contributed by atoms with van der Waals surface area (Å²) in [5.41, 5.74) is 2.41. The molecular formula is C31H38N6O4. The minimum absolute atomic E-state index is 0.113. The van der Waals surface area contributed by atoms with E-state index in [1.807, 2.05) is 19.1 Å². The fourth-order valence-electron chi connectivity index (χ4n) is 5.88. The van der Waals surface area contributed by atoms with E-state index in [1.165, 1.54) is 10.1 Å². The molecule has 0 spiro atoms. The Bertz CT molecular complexity index is 1510. The van der Waals surface area contributed by atoms with E-state index in [4.69, 9.17) is 9.47 Å². The molecule has 1 aromatic carbocycles. The van der Waals surface area contributed by atoms with Crippen LogP contribution in [0, 0.1) is 17.2 Å². The molecule has 0 N–H and O–H groups in total. The van der Waals surface area contributed by atoms with Crippen molar-refractivity contribution in [2.75, 3.05) is 24.6 Å². The number of carbonyl (C=O) groups excluding carboxylic acids is 1. The topological polar surface area (TPSA) is 114 Å². The number of ether oxygens (including phenoxy) is 2. The van der Waals surface area contributed by atoms with Crippen molar-refractivity contribution in [3.8, 4) is 11.8 Å². The first-order valence-corrected chi connectivity index (χ1v) is 14.5. The van der Waals surface area contributed by atoms with Gasteiger partial charge >= 0.3 is 11.7 Å². The first-order valence-electron chi connectivity index (χ1n) is 14.5. The number of rotatable bonds is 9. The fourth-order valence-corrected chi connectivity index (χ4v) is 5.88. The van der Waals surface area contributed by atoms with Crippen molar-refractivity contribution in [1.82, 2.24) is 19.4 Å². The van der Waals surface area contributed by atoms with Crippen molar-refractivity contribution < 1.29 is 14.3 Å². The number of esters is 1. The maximum atomic E-state index is 12.8. The monoisotopic (exact) mass is 558 g/mol. The van der Waals surface area contributed by atoms with Crippen molar-refractivity contribution in [3.63, 3.8) is 0 Å². The molecule has 41 heavy (non-hydrogen) atoms. The third-order valence-corrected chi connectivity index (χ3v) is 8.47. The van der Waals surface area contributed by atoms with Crippen molar-refractivity contribution in [2.45, 2.75) is 71.2 Å². The van der Waals surface area contributed by atoms with Gasteiger partial charge in [-0.25, -0.2) is 9.78 Å². The summed E-state index contributed by atoms with van der Waals surface area (Å²) in [6.07, 6.45) is 2.38. The number of anilines is 1. The molecule has 0 radical (unpaired) electrons. The second-order valence-corrected chi connectivity index (χ2v) is 10.9. The maximum absolute atomic E-state index is 12.8. The first-order chi connectivity index (χ1) is 19.8. The fraction of sp³-hybridized carbons (Fsp3) is 0.516. The molecule has 2 aromatic heterocycles. The number of benzene rings is 1. The number of nitrogens with zero attached hydrogens (tertiary/aromatic N) is 6. The number of aromatic nitrogens is 3. The Kier molecular flexibility index (Phi) is 8.27. The number of piperazine rings is 1. The number of hydrogen-bond acceptors (Lipinski definition) is 9. The highest BCUT2D eigenvalue weighted by Crippen LogP contribution is 2.37. The predicted molar refractivity (Wildman–Crippen MR) is 156 cm³/mol. The second kappa shape index (κ2) is 11.9. The Labute approximate surface area is 240 Å². The zero-order valence-electron chi connectivity index (χ0n) is 24.4. The van der Waals surface area contributed by atoms with E-state index in [-0.39, 0.29) is 41.8 Å². The van der Waals surface area contributed by atoms with E-state index >= 15 is 0 Å². The van der Waals surface area contributed by atoms with Crippen LogP contribution in [-0.4, -0.2) is 63.3 Å².